The first-order chi connectivity index (χ1) is 9.69. The summed E-state index contributed by atoms with van der Waals surface area (Å²) < 4.78 is 5.79. The molecule has 1 aromatic rings. The Labute approximate surface area is 126 Å². The third kappa shape index (κ3) is 6.49. The largest absolute Gasteiger partial charge is 0.489 e. The van der Waals surface area contributed by atoms with E-state index in [0.717, 1.165) is 11.3 Å². The number of hydrogen-bond donors (Lipinski definition) is 2. The van der Waals surface area contributed by atoms with Crippen LogP contribution in [0.1, 0.15) is 26.3 Å². The summed E-state index contributed by atoms with van der Waals surface area (Å²) >= 11 is 0. The van der Waals surface area contributed by atoms with E-state index in [9.17, 15) is 9.90 Å². The van der Waals surface area contributed by atoms with E-state index in [1.165, 1.54) is 4.90 Å². The number of amides is 2. The first-order valence-corrected chi connectivity index (χ1v) is 7.12. The summed E-state index contributed by atoms with van der Waals surface area (Å²) in [5.41, 5.74) is 0.157. The summed E-state index contributed by atoms with van der Waals surface area (Å²) in [4.78, 5) is 13.4. The Morgan fingerprint density at radius 2 is 2.05 bits per heavy atom. The third-order valence-corrected chi connectivity index (χ3v) is 2.93. The predicted octanol–water partition coefficient (Wildman–Crippen LogP) is 2.17. The van der Waals surface area contributed by atoms with Crippen molar-refractivity contribution in [2.24, 2.45) is 0 Å². The van der Waals surface area contributed by atoms with Crippen LogP contribution < -0.4 is 10.1 Å². The van der Waals surface area contributed by atoms with Crippen LogP contribution in [0.2, 0.25) is 0 Å². The van der Waals surface area contributed by atoms with Gasteiger partial charge in [-0.3, -0.25) is 0 Å². The van der Waals surface area contributed by atoms with Crippen LogP contribution in [0.3, 0.4) is 0 Å². The van der Waals surface area contributed by atoms with Gasteiger partial charge >= 0.3 is 6.03 Å². The second kappa shape index (κ2) is 7.31. The van der Waals surface area contributed by atoms with Crippen molar-refractivity contribution >= 4 is 6.03 Å². The van der Waals surface area contributed by atoms with Crippen molar-refractivity contribution in [2.75, 3.05) is 20.1 Å². The number of para-hydroxylation sites is 1. The molecule has 0 aromatic heterocycles. The number of hydrogen-bond acceptors (Lipinski definition) is 3. The van der Waals surface area contributed by atoms with E-state index in [1.807, 2.05) is 38.1 Å². The van der Waals surface area contributed by atoms with Gasteiger partial charge in [0.2, 0.25) is 0 Å². The highest BCUT2D eigenvalue weighted by Gasteiger charge is 2.19. The molecule has 1 aromatic carbocycles. The molecule has 21 heavy (non-hydrogen) atoms. The minimum Gasteiger partial charge on any atom is -0.489 e. The molecular weight excluding hydrogens is 268 g/mol. The van der Waals surface area contributed by atoms with Gasteiger partial charge in [0.05, 0.1) is 18.7 Å². The standard InChI is InChI=1S/C16H26N2O3/c1-12-8-6-7-9-14(12)21-13(2)10-17-15(19)18(5)11-16(3,4)20/h6-9,13,20H,10-11H2,1-5H3,(H,17,19). The highest BCUT2D eigenvalue weighted by molar-refractivity contribution is 5.73. The predicted molar refractivity (Wildman–Crippen MR) is 83.6 cm³/mol. The lowest BCUT2D eigenvalue weighted by Gasteiger charge is -2.26. The lowest BCUT2D eigenvalue weighted by atomic mass is 10.1. The Kier molecular flexibility index (Phi) is 6.03. The van der Waals surface area contributed by atoms with Crippen LogP contribution in [-0.4, -0.2) is 47.9 Å². The highest BCUT2D eigenvalue weighted by atomic mass is 16.5. The van der Waals surface area contributed by atoms with E-state index in [1.54, 1.807) is 20.9 Å². The van der Waals surface area contributed by atoms with Gasteiger partial charge in [-0.05, 0) is 39.3 Å². The summed E-state index contributed by atoms with van der Waals surface area (Å²) in [7, 11) is 1.65. The molecule has 5 nitrogen and oxygen atoms in total. The molecule has 2 amide bonds. The van der Waals surface area contributed by atoms with Crippen LogP contribution in [0.15, 0.2) is 24.3 Å². The van der Waals surface area contributed by atoms with E-state index in [0.29, 0.717) is 6.54 Å². The van der Waals surface area contributed by atoms with Crippen molar-refractivity contribution in [3.8, 4) is 5.75 Å². The van der Waals surface area contributed by atoms with Crippen molar-refractivity contribution in [1.82, 2.24) is 10.2 Å². The number of carbonyl (C=O) groups excluding carboxylic acids is 1. The molecule has 2 N–H and O–H groups in total. The first-order valence-electron chi connectivity index (χ1n) is 7.12. The summed E-state index contributed by atoms with van der Waals surface area (Å²) in [6, 6.07) is 7.55. The lowest BCUT2D eigenvalue weighted by molar-refractivity contribution is 0.0528. The molecule has 0 aliphatic carbocycles. The van der Waals surface area contributed by atoms with E-state index >= 15 is 0 Å². The topological polar surface area (TPSA) is 61.8 Å². The SMILES string of the molecule is Cc1ccccc1OC(C)CNC(=O)N(C)CC(C)(C)O. The minimum absolute atomic E-state index is 0.134. The molecule has 0 radical (unpaired) electrons. The van der Waals surface area contributed by atoms with Gasteiger partial charge in [-0.2, -0.15) is 0 Å². The van der Waals surface area contributed by atoms with Crippen LogP contribution >= 0.6 is 0 Å². The fraction of sp³-hybridized carbons (Fsp3) is 0.562. The molecule has 0 spiro atoms. The molecular formula is C16H26N2O3. The van der Waals surface area contributed by atoms with Gasteiger partial charge < -0.3 is 20.1 Å². The van der Waals surface area contributed by atoms with Gasteiger partial charge in [-0.25, -0.2) is 4.79 Å². The Bertz CT molecular complexity index is 469. The van der Waals surface area contributed by atoms with Gasteiger partial charge in [-0.1, -0.05) is 18.2 Å². The molecule has 1 atom stereocenters. The van der Waals surface area contributed by atoms with Gasteiger partial charge in [0.15, 0.2) is 0 Å². The minimum atomic E-state index is -0.907. The Hall–Kier alpha value is -1.75. The second-order valence-corrected chi connectivity index (χ2v) is 6.05. The zero-order chi connectivity index (χ0) is 16.0. The molecule has 1 rings (SSSR count). The molecule has 0 bridgehead atoms. The second-order valence-electron chi connectivity index (χ2n) is 6.05. The van der Waals surface area contributed by atoms with Gasteiger partial charge in [0.25, 0.3) is 0 Å². The number of carbonyl (C=O) groups is 1. The maximum absolute atomic E-state index is 11.9. The van der Waals surface area contributed by atoms with Crippen molar-refractivity contribution in [3.63, 3.8) is 0 Å². The highest BCUT2D eigenvalue weighted by Crippen LogP contribution is 2.17. The zero-order valence-electron chi connectivity index (χ0n) is 13.5. The van der Waals surface area contributed by atoms with Gasteiger partial charge in [0, 0.05) is 7.05 Å². The maximum atomic E-state index is 11.9. The fourth-order valence-electron chi connectivity index (χ4n) is 1.97. The number of rotatable bonds is 6. The zero-order valence-corrected chi connectivity index (χ0v) is 13.5. The van der Waals surface area contributed by atoms with Crippen LogP contribution in [0.4, 0.5) is 4.79 Å². The number of aliphatic hydroxyl groups is 1. The third-order valence-electron chi connectivity index (χ3n) is 2.93. The van der Waals surface area contributed by atoms with Crippen LogP contribution in [0.5, 0.6) is 5.75 Å². The number of ether oxygens (including phenoxy) is 1. The van der Waals surface area contributed by atoms with Crippen LogP contribution in [0, 0.1) is 6.92 Å². The summed E-state index contributed by atoms with van der Waals surface area (Å²) in [5.74, 6) is 0.823. The Morgan fingerprint density at radius 1 is 1.43 bits per heavy atom. The fourth-order valence-corrected chi connectivity index (χ4v) is 1.97. The molecule has 0 aliphatic heterocycles. The number of nitrogens with zero attached hydrogens (tertiary/aromatic N) is 1. The van der Waals surface area contributed by atoms with E-state index in [-0.39, 0.29) is 18.7 Å². The van der Waals surface area contributed by atoms with Crippen molar-refractivity contribution < 1.29 is 14.6 Å². The summed E-state index contributed by atoms with van der Waals surface area (Å²) in [5, 5.41) is 12.5. The Balaban J connectivity index is 2.41. The number of nitrogens with one attached hydrogen (secondary N) is 1. The molecule has 0 aliphatic rings. The number of likely N-dealkylation sites (N-methyl/N-ethyl adjacent to an activating group) is 1. The molecule has 0 heterocycles. The monoisotopic (exact) mass is 294 g/mol. The van der Waals surface area contributed by atoms with Crippen molar-refractivity contribution in [2.45, 2.75) is 39.4 Å². The van der Waals surface area contributed by atoms with E-state index < -0.39 is 5.60 Å². The van der Waals surface area contributed by atoms with Crippen molar-refractivity contribution in [3.05, 3.63) is 29.8 Å². The summed E-state index contributed by atoms with van der Waals surface area (Å²) in [6.07, 6.45) is -0.134. The Morgan fingerprint density at radius 3 is 2.62 bits per heavy atom. The number of benzene rings is 1. The van der Waals surface area contributed by atoms with Crippen molar-refractivity contribution in [1.29, 1.82) is 0 Å². The lowest BCUT2D eigenvalue weighted by Crippen LogP contribution is -2.46. The van der Waals surface area contributed by atoms with E-state index in [4.69, 9.17) is 4.74 Å². The number of aryl methyl sites for hydroxylation is 1. The van der Waals surface area contributed by atoms with Gasteiger partial charge in [-0.15, -0.1) is 0 Å². The molecule has 5 heteroatoms. The van der Waals surface area contributed by atoms with Crippen LogP contribution in [0.25, 0.3) is 0 Å². The molecule has 0 saturated heterocycles. The normalized spacial score (nSPS) is 12.7. The first kappa shape index (κ1) is 17.3. The molecule has 0 fully saturated rings. The quantitative estimate of drug-likeness (QED) is 0.845. The molecule has 0 saturated carbocycles. The summed E-state index contributed by atoms with van der Waals surface area (Å²) in [6.45, 7) is 7.90. The average molecular weight is 294 g/mol. The molecule has 118 valence electrons. The van der Waals surface area contributed by atoms with E-state index in [2.05, 4.69) is 5.32 Å². The number of urea groups is 1. The van der Waals surface area contributed by atoms with Gasteiger partial charge in [0.1, 0.15) is 11.9 Å². The van der Waals surface area contributed by atoms with Crippen LogP contribution in [-0.2, 0) is 0 Å². The molecule has 1 unspecified atom stereocenters. The smallest absolute Gasteiger partial charge is 0.317 e. The maximum Gasteiger partial charge on any atom is 0.317 e. The average Bonchev–Trinajstić information content (AvgIpc) is 2.36.